The summed E-state index contributed by atoms with van der Waals surface area (Å²) in [7, 11) is 0. The van der Waals surface area contributed by atoms with Crippen LogP contribution in [-0.2, 0) is 9.59 Å². The minimum absolute atomic E-state index is 0.0405. The van der Waals surface area contributed by atoms with Crippen LogP contribution < -0.4 is 10.6 Å². The third kappa shape index (κ3) is 4.63. The zero-order chi connectivity index (χ0) is 17.6. The first-order valence-corrected chi connectivity index (χ1v) is 9.45. The Kier molecular flexibility index (Phi) is 5.76. The van der Waals surface area contributed by atoms with E-state index in [0.717, 1.165) is 17.7 Å². The fourth-order valence-corrected chi connectivity index (χ4v) is 4.24. The first-order valence-electron chi connectivity index (χ1n) is 8.46. The van der Waals surface area contributed by atoms with E-state index in [-0.39, 0.29) is 30.3 Å². The van der Waals surface area contributed by atoms with Gasteiger partial charge in [-0.25, -0.2) is 0 Å². The van der Waals surface area contributed by atoms with Crippen LogP contribution in [0.2, 0.25) is 0 Å². The molecule has 0 saturated heterocycles. The molecule has 25 heavy (non-hydrogen) atoms. The largest absolute Gasteiger partial charge is 0.349 e. The van der Waals surface area contributed by atoms with Gasteiger partial charge in [-0.15, -0.1) is 11.8 Å². The number of hydrogen-bond donors (Lipinski definition) is 2. The number of fused-ring (bicyclic) bond motifs is 1. The van der Waals surface area contributed by atoms with Crippen LogP contribution in [0.15, 0.2) is 59.5 Å². The van der Waals surface area contributed by atoms with Gasteiger partial charge in [-0.1, -0.05) is 48.5 Å². The Balaban J connectivity index is 1.69. The van der Waals surface area contributed by atoms with E-state index in [2.05, 4.69) is 22.8 Å². The summed E-state index contributed by atoms with van der Waals surface area (Å²) in [6.45, 7) is 1.47. The van der Waals surface area contributed by atoms with Gasteiger partial charge in [0.25, 0.3) is 0 Å². The monoisotopic (exact) mass is 354 g/mol. The third-order valence-electron chi connectivity index (χ3n) is 4.26. The summed E-state index contributed by atoms with van der Waals surface area (Å²) in [5.41, 5.74) is 2.12. The highest BCUT2D eigenvalue weighted by Crippen LogP contribution is 2.35. The number of benzene rings is 2. The highest BCUT2D eigenvalue weighted by Gasteiger charge is 2.24. The summed E-state index contributed by atoms with van der Waals surface area (Å²) in [5, 5.41) is 6.02. The van der Waals surface area contributed by atoms with Crippen molar-refractivity contribution in [2.24, 2.45) is 0 Å². The molecule has 0 spiro atoms. The molecule has 4 nitrogen and oxygen atoms in total. The van der Waals surface area contributed by atoms with Crippen molar-refractivity contribution in [2.75, 3.05) is 5.75 Å². The summed E-state index contributed by atoms with van der Waals surface area (Å²) in [6.07, 6.45) is 1.15. The number of nitrogens with one attached hydrogen (secondary N) is 2. The highest BCUT2D eigenvalue weighted by molar-refractivity contribution is 7.99. The van der Waals surface area contributed by atoms with Crippen molar-refractivity contribution in [2.45, 2.75) is 36.7 Å². The Bertz CT molecular complexity index is 748. The lowest BCUT2D eigenvalue weighted by atomic mass is 10.0. The first-order chi connectivity index (χ1) is 12.1. The van der Waals surface area contributed by atoms with Crippen molar-refractivity contribution < 1.29 is 9.59 Å². The lowest BCUT2D eigenvalue weighted by Gasteiger charge is -2.27. The Labute approximate surface area is 152 Å². The fraction of sp³-hybridized carbons (Fsp3) is 0.300. The maximum Gasteiger partial charge on any atom is 0.222 e. The van der Waals surface area contributed by atoms with Gasteiger partial charge < -0.3 is 10.6 Å². The predicted octanol–water partition coefficient (Wildman–Crippen LogP) is 3.61. The Morgan fingerprint density at radius 2 is 1.84 bits per heavy atom. The van der Waals surface area contributed by atoms with Crippen molar-refractivity contribution in [1.29, 1.82) is 0 Å². The smallest absolute Gasteiger partial charge is 0.222 e. The van der Waals surface area contributed by atoms with Crippen molar-refractivity contribution in [3.63, 3.8) is 0 Å². The Hall–Kier alpha value is -2.27. The van der Waals surface area contributed by atoms with Crippen LogP contribution in [0.3, 0.4) is 0 Å². The lowest BCUT2D eigenvalue weighted by molar-refractivity contribution is -0.123. The normalized spacial score (nSPS) is 17.2. The minimum atomic E-state index is -0.313. The quantitative estimate of drug-likeness (QED) is 0.862. The maximum absolute atomic E-state index is 12.6. The molecule has 3 rings (SSSR count). The lowest BCUT2D eigenvalue weighted by Crippen LogP contribution is -2.35. The minimum Gasteiger partial charge on any atom is -0.349 e. The second kappa shape index (κ2) is 8.21. The summed E-state index contributed by atoms with van der Waals surface area (Å²) >= 11 is 1.83. The molecule has 2 aromatic carbocycles. The molecule has 130 valence electrons. The second-order valence-corrected chi connectivity index (χ2v) is 7.30. The summed E-state index contributed by atoms with van der Waals surface area (Å²) < 4.78 is 0. The molecular weight excluding hydrogens is 332 g/mol. The van der Waals surface area contributed by atoms with Gasteiger partial charge in [-0.05, 0) is 23.6 Å². The molecule has 2 atom stereocenters. The molecule has 0 saturated carbocycles. The summed E-state index contributed by atoms with van der Waals surface area (Å²) in [5.74, 6) is 0.811. The number of thioether (sulfide) groups is 1. The molecule has 1 aliphatic rings. The molecule has 1 heterocycles. The molecular formula is C20H22N2O2S. The van der Waals surface area contributed by atoms with Gasteiger partial charge in [0, 0.05) is 17.6 Å². The Morgan fingerprint density at radius 3 is 2.60 bits per heavy atom. The van der Waals surface area contributed by atoms with Crippen molar-refractivity contribution in [3.8, 4) is 0 Å². The van der Waals surface area contributed by atoms with Gasteiger partial charge >= 0.3 is 0 Å². The molecule has 2 aromatic rings. The molecule has 0 unspecified atom stereocenters. The highest BCUT2D eigenvalue weighted by atomic mass is 32.2. The second-order valence-electron chi connectivity index (χ2n) is 6.16. The SMILES string of the molecule is CC(=O)N[C@@H](CC(=O)N[C@@H]1CCSc2ccccc21)c1ccccc1. The summed E-state index contributed by atoms with van der Waals surface area (Å²) in [4.78, 5) is 25.4. The van der Waals surface area contributed by atoms with E-state index < -0.39 is 0 Å². The molecule has 2 N–H and O–H groups in total. The number of rotatable bonds is 5. The van der Waals surface area contributed by atoms with E-state index in [1.165, 1.54) is 17.4 Å². The van der Waals surface area contributed by atoms with Gasteiger partial charge in [-0.3, -0.25) is 9.59 Å². The van der Waals surface area contributed by atoms with Crippen LogP contribution in [0, 0.1) is 0 Å². The molecule has 2 amide bonds. The third-order valence-corrected chi connectivity index (χ3v) is 5.39. The van der Waals surface area contributed by atoms with E-state index in [9.17, 15) is 9.59 Å². The molecule has 0 aliphatic carbocycles. The molecule has 1 aliphatic heterocycles. The molecule has 0 bridgehead atoms. The average Bonchev–Trinajstić information content (AvgIpc) is 2.62. The van der Waals surface area contributed by atoms with E-state index in [1.807, 2.05) is 54.2 Å². The van der Waals surface area contributed by atoms with Crippen LogP contribution in [0.4, 0.5) is 0 Å². The van der Waals surface area contributed by atoms with Gasteiger partial charge in [-0.2, -0.15) is 0 Å². The standard InChI is InChI=1S/C20H22N2O2S/c1-14(23)21-18(15-7-3-2-4-8-15)13-20(24)22-17-11-12-25-19-10-6-5-9-16(17)19/h2-10,17-18H,11-13H2,1H3,(H,21,23)(H,22,24)/t17-,18+/m1/s1. The van der Waals surface area contributed by atoms with Crippen LogP contribution in [0.5, 0.6) is 0 Å². The van der Waals surface area contributed by atoms with Gasteiger partial charge in [0.1, 0.15) is 0 Å². The first kappa shape index (κ1) is 17.5. The van der Waals surface area contributed by atoms with E-state index in [0.29, 0.717) is 0 Å². The number of hydrogen-bond acceptors (Lipinski definition) is 3. The van der Waals surface area contributed by atoms with Crippen molar-refractivity contribution in [1.82, 2.24) is 10.6 Å². The fourth-order valence-electron chi connectivity index (χ4n) is 3.11. The number of amides is 2. The topological polar surface area (TPSA) is 58.2 Å². The van der Waals surface area contributed by atoms with E-state index in [1.54, 1.807) is 0 Å². The van der Waals surface area contributed by atoms with Crippen molar-refractivity contribution >= 4 is 23.6 Å². The van der Waals surface area contributed by atoms with Crippen molar-refractivity contribution in [3.05, 3.63) is 65.7 Å². The summed E-state index contributed by atoms with van der Waals surface area (Å²) in [6, 6.07) is 17.5. The number of carbonyl (C=O) groups excluding carboxylic acids is 2. The van der Waals surface area contributed by atoms with Crippen LogP contribution in [0.25, 0.3) is 0 Å². The maximum atomic E-state index is 12.6. The molecule has 0 aromatic heterocycles. The predicted molar refractivity (Wildman–Crippen MR) is 100 cm³/mol. The number of carbonyl (C=O) groups is 2. The van der Waals surface area contributed by atoms with Gasteiger partial charge in [0.05, 0.1) is 18.5 Å². The molecule has 0 fully saturated rings. The zero-order valence-corrected chi connectivity index (χ0v) is 15.0. The van der Waals surface area contributed by atoms with Gasteiger partial charge in [0.2, 0.25) is 11.8 Å². The zero-order valence-electron chi connectivity index (χ0n) is 14.2. The average molecular weight is 354 g/mol. The van der Waals surface area contributed by atoms with Crippen LogP contribution in [0.1, 0.15) is 43.0 Å². The van der Waals surface area contributed by atoms with E-state index in [4.69, 9.17) is 0 Å². The molecule has 5 heteroatoms. The van der Waals surface area contributed by atoms with E-state index >= 15 is 0 Å². The van der Waals surface area contributed by atoms with Gasteiger partial charge in [0.15, 0.2) is 0 Å². The molecule has 0 radical (unpaired) electrons. The van der Waals surface area contributed by atoms with Crippen LogP contribution in [-0.4, -0.2) is 17.6 Å². The van der Waals surface area contributed by atoms with Crippen LogP contribution >= 0.6 is 11.8 Å². The Morgan fingerprint density at radius 1 is 1.12 bits per heavy atom.